The van der Waals surface area contributed by atoms with Crippen LogP contribution in [0.3, 0.4) is 0 Å². The molecule has 0 saturated carbocycles. The van der Waals surface area contributed by atoms with Gasteiger partial charge in [-0.15, -0.1) is 11.3 Å². The Labute approximate surface area is 97.2 Å². The van der Waals surface area contributed by atoms with Crippen molar-refractivity contribution in [3.63, 3.8) is 0 Å². The highest BCUT2D eigenvalue weighted by Gasteiger charge is 2.19. The minimum atomic E-state index is -0.776. The van der Waals surface area contributed by atoms with E-state index in [0.717, 1.165) is 35.4 Å². The van der Waals surface area contributed by atoms with E-state index in [9.17, 15) is 4.79 Å². The van der Waals surface area contributed by atoms with E-state index >= 15 is 0 Å². The summed E-state index contributed by atoms with van der Waals surface area (Å²) in [5, 5.41) is 20.8. The Morgan fingerprint density at radius 3 is 3.00 bits per heavy atom. The van der Waals surface area contributed by atoms with Gasteiger partial charge in [-0.1, -0.05) is 5.16 Å². The summed E-state index contributed by atoms with van der Waals surface area (Å²) in [5.74, 6) is -0.776. The Morgan fingerprint density at radius 2 is 2.31 bits per heavy atom. The number of carboxylic acids is 1. The van der Waals surface area contributed by atoms with E-state index in [4.69, 9.17) is 10.3 Å². The molecule has 16 heavy (non-hydrogen) atoms. The van der Waals surface area contributed by atoms with Gasteiger partial charge in [0.15, 0.2) is 0 Å². The zero-order chi connectivity index (χ0) is 11.5. The van der Waals surface area contributed by atoms with E-state index in [0.29, 0.717) is 6.42 Å². The smallest absolute Gasteiger partial charge is 0.303 e. The molecule has 0 spiro atoms. The first kappa shape index (κ1) is 11.1. The van der Waals surface area contributed by atoms with Crippen molar-refractivity contribution in [2.24, 2.45) is 5.16 Å². The summed E-state index contributed by atoms with van der Waals surface area (Å²) < 4.78 is 0. The lowest BCUT2D eigenvalue weighted by atomic mass is 9.97. The molecule has 0 fully saturated rings. The van der Waals surface area contributed by atoms with E-state index in [-0.39, 0.29) is 6.42 Å². The molecule has 2 N–H and O–H groups in total. The van der Waals surface area contributed by atoms with Crippen LogP contribution in [0, 0.1) is 0 Å². The second-order valence-electron chi connectivity index (χ2n) is 3.84. The van der Waals surface area contributed by atoms with E-state index in [1.807, 2.05) is 6.07 Å². The summed E-state index contributed by atoms with van der Waals surface area (Å²) in [5.41, 5.74) is 1.75. The average molecular weight is 239 g/mol. The minimum absolute atomic E-state index is 0.158. The summed E-state index contributed by atoms with van der Waals surface area (Å²) in [6.07, 6.45) is 3.53. The number of oxime groups is 1. The molecule has 0 unspecified atom stereocenters. The van der Waals surface area contributed by atoms with Gasteiger partial charge in [0.2, 0.25) is 0 Å². The molecule has 1 aromatic rings. The van der Waals surface area contributed by atoms with Crippen molar-refractivity contribution in [1.82, 2.24) is 0 Å². The Bertz CT molecular complexity index is 436. The van der Waals surface area contributed by atoms with Gasteiger partial charge in [-0.3, -0.25) is 4.79 Å². The number of hydrogen-bond donors (Lipinski definition) is 2. The van der Waals surface area contributed by atoms with Crippen LogP contribution in [0.4, 0.5) is 0 Å². The molecular weight excluding hydrogens is 226 g/mol. The average Bonchev–Trinajstić information content (AvgIpc) is 2.68. The molecule has 5 heteroatoms. The van der Waals surface area contributed by atoms with Gasteiger partial charge >= 0.3 is 5.97 Å². The fourth-order valence-corrected chi connectivity index (χ4v) is 3.15. The number of thiophene rings is 1. The second-order valence-corrected chi connectivity index (χ2v) is 5.06. The molecule has 4 nitrogen and oxygen atoms in total. The number of fused-ring (bicyclic) bond motifs is 1. The molecule has 0 aromatic carbocycles. The standard InChI is InChI=1S/C11H13NO3S/c13-11(14)5-4-7-6-8-9(12-15)2-1-3-10(8)16-7/h6,15H,1-5H2,(H,13,14). The predicted octanol–water partition coefficient (Wildman–Crippen LogP) is 2.28. The molecule has 86 valence electrons. The van der Waals surface area contributed by atoms with Gasteiger partial charge in [-0.2, -0.15) is 0 Å². The third-order valence-electron chi connectivity index (χ3n) is 2.69. The molecule has 0 saturated heterocycles. The monoisotopic (exact) mass is 239 g/mol. The lowest BCUT2D eigenvalue weighted by molar-refractivity contribution is -0.136. The first-order valence-corrected chi connectivity index (χ1v) is 6.07. The Kier molecular flexibility index (Phi) is 3.24. The van der Waals surface area contributed by atoms with Crippen molar-refractivity contribution in [3.05, 3.63) is 21.4 Å². The molecule has 1 heterocycles. The number of carbonyl (C=O) groups is 1. The van der Waals surface area contributed by atoms with Gasteiger partial charge < -0.3 is 10.3 Å². The third-order valence-corrected chi connectivity index (χ3v) is 3.95. The highest BCUT2D eigenvalue weighted by molar-refractivity contribution is 7.12. The molecule has 1 aliphatic rings. The topological polar surface area (TPSA) is 69.9 Å². The number of aliphatic carboxylic acids is 1. The van der Waals surface area contributed by atoms with Crippen molar-refractivity contribution in [2.75, 3.05) is 0 Å². The van der Waals surface area contributed by atoms with Crippen LogP contribution in [-0.4, -0.2) is 22.0 Å². The van der Waals surface area contributed by atoms with Gasteiger partial charge in [0.05, 0.1) is 12.1 Å². The maximum Gasteiger partial charge on any atom is 0.303 e. The molecule has 1 aliphatic carbocycles. The summed E-state index contributed by atoms with van der Waals surface area (Å²) in [6, 6.07) is 1.97. The molecule has 0 aliphatic heterocycles. The van der Waals surface area contributed by atoms with Crippen LogP contribution in [0.1, 0.15) is 34.6 Å². The van der Waals surface area contributed by atoms with Crippen LogP contribution >= 0.6 is 11.3 Å². The van der Waals surface area contributed by atoms with Crippen LogP contribution in [0.25, 0.3) is 0 Å². The number of hydrogen-bond acceptors (Lipinski definition) is 4. The van der Waals surface area contributed by atoms with Crippen LogP contribution in [0.2, 0.25) is 0 Å². The van der Waals surface area contributed by atoms with Crippen LogP contribution in [-0.2, 0) is 17.6 Å². The fourth-order valence-electron chi connectivity index (χ4n) is 1.92. The Hall–Kier alpha value is -1.36. The number of rotatable bonds is 3. The van der Waals surface area contributed by atoms with Gasteiger partial charge in [0.25, 0.3) is 0 Å². The number of aryl methyl sites for hydroxylation is 2. The second kappa shape index (κ2) is 4.65. The molecule has 0 atom stereocenters. The molecular formula is C11H13NO3S. The van der Waals surface area contributed by atoms with Crippen molar-refractivity contribution >= 4 is 23.0 Å². The minimum Gasteiger partial charge on any atom is -0.481 e. The maximum atomic E-state index is 10.5. The first-order valence-electron chi connectivity index (χ1n) is 5.25. The predicted molar refractivity (Wildman–Crippen MR) is 61.5 cm³/mol. The Balaban J connectivity index is 2.19. The highest BCUT2D eigenvalue weighted by atomic mass is 32.1. The van der Waals surface area contributed by atoms with Gasteiger partial charge in [-0.05, 0) is 31.7 Å². The molecule has 0 bridgehead atoms. The molecule has 1 aromatic heterocycles. The first-order chi connectivity index (χ1) is 7.70. The van der Waals surface area contributed by atoms with Crippen LogP contribution in [0.5, 0.6) is 0 Å². The Morgan fingerprint density at radius 1 is 1.50 bits per heavy atom. The van der Waals surface area contributed by atoms with E-state index in [2.05, 4.69) is 5.16 Å². The van der Waals surface area contributed by atoms with E-state index in [1.165, 1.54) is 4.88 Å². The van der Waals surface area contributed by atoms with Gasteiger partial charge in [0, 0.05) is 15.3 Å². The zero-order valence-electron chi connectivity index (χ0n) is 8.77. The number of carboxylic acid groups (broad SMARTS) is 1. The molecule has 0 radical (unpaired) electrons. The SMILES string of the molecule is O=C(O)CCc1cc2c(s1)CCCC2=NO. The van der Waals surface area contributed by atoms with Crippen molar-refractivity contribution in [3.8, 4) is 0 Å². The summed E-state index contributed by atoms with van der Waals surface area (Å²) in [7, 11) is 0. The maximum absolute atomic E-state index is 10.5. The van der Waals surface area contributed by atoms with Gasteiger partial charge in [-0.25, -0.2) is 0 Å². The number of nitrogens with zero attached hydrogens (tertiary/aromatic N) is 1. The van der Waals surface area contributed by atoms with Crippen LogP contribution < -0.4 is 0 Å². The van der Waals surface area contributed by atoms with Crippen molar-refractivity contribution in [1.29, 1.82) is 0 Å². The largest absolute Gasteiger partial charge is 0.481 e. The van der Waals surface area contributed by atoms with Crippen molar-refractivity contribution in [2.45, 2.75) is 32.1 Å². The lowest BCUT2D eigenvalue weighted by Crippen LogP contribution is -2.08. The quantitative estimate of drug-likeness (QED) is 0.628. The fraction of sp³-hybridized carbons (Fsp3) is 0.455. The lowest BCUT2D eigenvalue weighted by Gasteiger charge is -2.10. The molecule has 2 rings (SSSR count). The van der Waals surface area contributed by atoms with E-state index < -0.39 is 5.97 Å². The summed E-state index contributed by atoms with van der Waals surface area (Å²) >= 11 is 1.64. The summed E-state index contributed by atoms with van der Waals surface area (Å²) in [6.45, 7) is 0. The van der Waals surface area contributed by atoms with Gasteiger partial charge in [0.1, 0.15) is 0 Å². The normalized spacial score (nSPS) is 17.4. The van der Waals surface area contributed by atoms with Crippen LogP contribution in [0.15, 0.2) is 11.2 Å². The van der Waals surface area contributed by atoms with Crippen molar-refractivity contribution < 1.29 is 15.1 Å². The molecule has 0 amide bonds. The summed E-state index contributed by atoms with van der Waals surface area (Å²) in [4.78, 5) is 12.8. The third kappa shape index (κ3) is 2.24. The van der Waals surface area contributed by atoms with E-state index in [1.54, 1.807) is 11.3 Å². The zero-order valence-corrected chi connectivity index (χ0v) is 9.59. The highest BCUT2D eigenvalue weighted by Crippen LogP contribution is 2.30.